The second-order valence-corrected chi connectivity index (χ2v) is 8.39. The average molecular weight is 422 g/mol. The molecular formula is C25H31N3O3. The summed E-state index contributed by atoms with van der Waals surface area (Å²) in [6.07, 6.45) is 0.580. The second-order valence-electron chi connectivity index (χ2n) is 8.39. The lowest BCUT2D eigenvalue weighted by atomic mass is 9.96. The molecule has 2 aromatic rings. The van der Waals surface area contributed by atoms with Gasteiger partial charge in [0.15, 0.2) is 0 Å². The van der Waals surface area contributed by atoms with E-state index in [4.69, 9.17) is 9.84 Å². The molecule has 0 fully saturated rings. The van der Waals surface area contributed by atoms with Crippen LogP contribution in [0.3, 0.4) is 0 Å². The van der Waals surface area contributed by atoms with E-state index < -0.39 is 0 Å². The number of likely N-dealkylation sites (N-methyl/N-ethyl adjacent to an activating group) is 1. The Balaban J connectivity index is 1.96. The van der Waals surface area contributed by atoms with Gasteiger partial charge in [-0.05, 0) is 42.7 Å². The number of hydrogen-bond donors (Lipinski definition) is 0. The Hall–Kier alpha value is -3.15. The molecule has 3 rings (SSSR count). The summed E-state index contributed by atoms with van der Waals surface area (Å²) in [5.74, 6) is 0.260. The summed E-state index contributed by atoms with van der Waals surface area (Å²) in [5.41, 5.74) is 5.15. The number of carbonyl (C=O) groups is 2. The SMILES string of the molecule is COc1ccccc1C1CC(c2ccc(C)c(C)c2)=NN1C(=O)CN(C)C(=O)C(C)C. The number of carbonyl (C=O) groups excluding carboxylic acids is 2. The number of rotatable bonds is 6. The highest BCUT2D eigenvalue weighted by Gasteiger charge is 2.35. The van der Waals surface area contributed by atoms with Crippen LogP contribution in [0.2, 0.25) is 0 Å². The smallest absolute Gasteiger partial charge is 0.262 e. The lowest BCUT2D eigenvalue weighted by Gasteiger charge is -2.26. The van der Waals surface area contributed by atoms with Crippen molar-refractivity contribution in [3.8, 4) is 5.75 Å². The summed E-state index contributed by atoms with van der Waals surface area (Å²) in [6.45, 7) is 7.78. The Kier molecular flexibility index (Phi) is 6.78. The molecule has 0 spiro atoms. The van der Waals surface area contributed by atoms with E-state index in [1.165, 1.54) is 21.0 Å². The zero-order valence-electron chi connectivity index (χ0n) is 19.2. The number of benzene rings is 2. The fraction of sp³-hybridized carbons (Fsp3) is 0.400. The van der Waals surface area contributed by atoms with Gasteiger partial charge in [0.25, 0.3) is 5.91 Å². The largest absolute Gasteiger partial charge is 0.496 e. The third-order valence-electron chi connectivity index (χ3n) is 5.75. The molecule has 1 unspecified atom stereocenters. The maximum Gasteiger partial charge on any atom is 0.262 e. The van der Waals surface area contributed by atoms with Gasteiger partial charge in [-0.3, -0.25) is 9.59 Å². The van der Waals surface area contributed by atoms with Crippen molar-refractivity contribution in [2.45, 2.75) is 40.2 Å². The molecule has 0 saturated heterocycles. The zero-order chi connectivity index (χ0) is 22.7. The van der Waals surface area contributed by atoms with E-state index in [0.29, 0.717) is 12.2 Å². The van der Waals surface area contributed by atoms with Gasteiger partial charge < -0.3 is 9.64 Å². The van der Waals surface area contributed by atoms with Gasteiger partial charge in [-0.1, -0.05) is 44.2 Å². The summed E-state index contributed by atoms with van der Waals surface area (Å²) in [7, 11) is 3.28. The Morgan fingerprint density at radius 2 is 1.87 bits per heavy atom. The molecule has 0 bridgehead atoms. The summed E-state index contributed by atoms with van der Waals surface area (Å²) < 4.78 is 5.56. The molecule has 0 radical (unpaired) electrons. The number of hydrazone groups is 1. The average Bonchev–Trinajstić information content (AvgIpc) is 3.20. The first kappa shape index (κ1) is 22.5. The first-order valence-electron chi connectivity index (χ1n) is 10.6. The van der Waals surface area contributed by atoms with Crippen LogP contribution >= 0.6 is 0 Å². The molecule has 6 heteroatoms. The van der Waals surface area contributed by atoms with Crippen LogP contribution in [0.5, 0.6) is 5.75 Å². The zero-order valence-corrected chi connectivity index (χ0v) is 19.2. The molecule has 1 atom stereocenters. The fourth-order valence-electron chi connectivity index (χ4n) is 3.81. The van der Waals surface area contributed by atoms with Crippen molar-refractivity contribution >= 4 is 17.5 Å². The quantitative estimate of drug-likeness (QED) is 0.705. The molecule has 164 valence electrons. The van der Waals surface area contributed by atoms with Gasteiger partial charge in [-0.15, -0.1) is 0 Å². The minimum atomic E-state index is -0.289. The van der Waals surface area contributed by atoms with Gasteiger partial charge in [0.1, 0.15) is 12.3 Å². The van der Waals surface area contributed by atoms with Gasteiger partial charge in [0.05, 0.1) is 18.9 Å². The molecule has 1 aliphatic heterocycles. The molecule has 0 aliphatic carbocycles. The Morgan fingerprint density at radius 1 is 1.16 bits per heavy atom. The van der Waals surface area contributed by atoms with Crippen LogP contribution in [0.15, 0.2) is 47.6 Å². The molecule has 0 aromatic heterocycles. The van der Waals surface area contributed by atoms with E-state index in [1.807, 2.05) is 44.2 Å². The predicted molar refractivity (Wildman–Crippen MR) is 122 cm³/mol. The number of aryl methyl sites for hydroxylation is 2. The maximum absolute atomic E-state index is 13.2. The summed E-state index contributed by atoms with van der Waals surface area (Å²) in [5, 5.41) is 6.25. The monoisotopic (exact) mass is 421 g/mol. The Morgan fingerprint density at radius 3 is 2.52 bits per heavy atom. The first-order valence-corrected chi connectivity index (χ1v) is 10.6. The van der Waals surface area contributed by atoms with Crippen LogP contribution in [0.1, 0.15) is 48.6 Å². The predicted octanol–water partition coefficient (Wildman–Crippen LogP) is 4.10. The minimum Gasteiger partial charge on any atom is -0.496 e. The third-order valence-corrected chi connectivity index (χ3v) is 5.75. The van der Waals surface area contributed by atoms with E-state index in [-0.39, 0.29) is 30.3 Å². The van der Waals surface area contributed by atoms with Crippen molar-refractivity contribution in [1.29, 1.82) is 0 Å². The van der Waals surface area contributed by atoms with Gasteiger partial charge in [0, 0.05) is 24.9 Å². The molecule has 2 aromatic carbocycles. The van der Waals surface area contributed by atoms with Crippen LogP contribution in [-0.4, -0.2) is 48.1 Å². The molecule has 0 saturated carbocycles. The normalized spacial score (nSPS) is 15.8. The van der Waals surface area contributed by atoms with Crippen LogP contribution in [0.25, 0.3) is 0 Å². The van der Waals surface area contributed by atoms with Gasteiger partial charge in [-0.25, -0.2) is 5.01 Å². The minimum absolute atomic E-state index is 0.0215. The summed E-state index contributed by atoms with van der Waals surface area (Å²) >= 11 is 0. The molecule has 31 heavy (non-hydrogen) atoms. The number of ether oxygens (including phenoxy) is 1. The molecule has 0 N–H and O–H groups in total. The molecule has 2 amide bonds. The summed E-state index contributed by atoms with van der Waals surface area (Å²) in [6, 6.07) is 13.6. The lowest BCUT2D eigenvalue weighted by Crippen LogP contribution is -2.40. The number of nitrogens with zero attached hydrogens (tertiary/aromatic N) is 3. The van der Waals surface area contributed by atoms with E-state index in [2.05, 4.69) is 26.0 Å². The van der Waals surface area contributed by atoms with Crippen LogP contribution in [0, 0.1) is 19.8 Å². The lowest BCUT2D eigenvalue weighted by molar-refractivity contribution is -0.142. The van der Waals surface area contributed by atoms with Crippen molar-refractivity contribution < 1.29 is 14.3 Å². The highest BCUT2D eigenvalue weighted by Crippen LogP contribution is 2.37. The molecule has 1 aliphatic rings. The topological polar surface area (TPSA) is 62.2 Å². The van der Waals surface area contributed by atoms with Crippen LogP contribution < -0.4 is 4.74 Å². The Bertz CT molecular complexity index is 1010. The molecule has 1 heterocycles. The molecule has 6 nitrogen and oxygen atoms in total. The van der Waals surface area contributed by atoms with Crippen molar-refractivity contribution in [2.24, 2.45) is 11.0 Å². The van der Waals surface area contributed by atoms with E-state index in [1.54, 1.807) is 14.2 Å². The maximum atomic E-state index is 13.2. The van der Waals surface area contributed by atoms with E-state index >= 15 is 0 Å². The van der Waals surface area contributed by atoms with Crippen molar-refractivity contribution in [3.05, 3.63) is 64.7 Å². The number of para-hydroxylation sites is 1. The molecular weight excluding hydrogens is 390 g/mol. The number of amides is 2. The first-order chi connectivity index (χ1) is 14.7. The van der Waals surface area contributed by atoms with E-state index in [0.717, 1.165) is 16.8 Å². The van der Waals surface area contributed by atoms with Crippen molar-refractivity contribution in [2.75, 3.05) is 20.7 Å². The van der Waals surface area contributed by atoms with Crippen LogP contribution in [-0.2, 0) is 9.59 Å². The number of hydrogen-bond acceptors (Lipinski definition) is 4. The standard InChI is InChI=1S/C25H31N3O3/c1-16(2)25(30)27(5)15-24(29)28-22(20-9-7-8-10-23(20)31-6)14-21(26-28)19-12-11-17(3)18(4)13-19/h7-13,16,22H,14-15H2,1-6H3. The van der Waals surface area contributed by atoms with Gasteiger partial charge >= 0.3 is 0 Å². The fourth-order valence-corrected chi connectivity index (χ4v) is 3.81. The number of methoxy groups -OCH3 is 1. The van der Waals surface area contributed by atoms with E-state index in [9.17, 15) is 9.59 Å². The highest BCUT2D eigenvalue weighted by atomic mass is 16.5. The highest BCUT2D eigenvalue weighted by molar-refractivity contribution is 6.03. The van der Waals surface area contributed by atoms with Crippen LogP contribution in [0.4, 0.5) is 0 Å². The second kappa shape index (κ2) is 9.33. The van der Waals surface area contributed by atoms with Gasteiger partial charge in [-0.2, -0.15) is 5.10 Å². The van der Waals surface area contributed by atoms with Gasteiger partial charge in [0.2, 0.25) is 5.91 Å². The van der Waals surface area contributed by atoms with Crippen molar-refractivity contribution in [3.63, 3.8) is 0 Å². The van der Waals surface area contributed by atoms with Crippen molar-refractivity contribution in [1.82, 2.24) is 9.91 Å². The summed E-state index contributed by atoms with van der Waals surface area (Å²) in [4.78, 5) is 27.0. The third kappa shape index (κ3) is 4.79. The Labute approximate surface area is 184 Å².